The van der Waals surface area contributed by atoms with Gasteiger partial charge in [0.25, 0.3) is 0 Å². The number of hydrogen-bond acceptors (Lipinski definition) is 3. The Balaban J connectivity index is 2.88. The molecule has 1 aromatic heterocycles. The predicted molar refractivity (Wildman–Crippen MR) is 63.0 cm³/mol. The number of pyridine rings is 1. The number of aliphatic hydroxyl groups is 1. The smallest absolute Gasteiger partial charge is 0.129 e. The Hall–Kier alpha value is -1.09. The summed E-state index contributed by atoms with van der Waals surface area (Å²) in [5.74, 6) is 0.871. The molecule has 0 radical (unpaired) electrons. The van der Waals surface area contributed by atoms with Gasteiger partial charge in [-0.1, -0.05) is 19.9 Å². The van der Waals surface area contributed by atoms with Crippen LogP contribution in [-0.2, 0) is 0 Å². The fourth-order valence-electron chi connectivity index (χ4n) is 1.56. The van der Waals surface area contributed by atoms with Crippen LogP contribution in [0.5, 0.6) is 0 Å². The van der Waals surface area contributed by atoms with Crippen molar-refractivity contribution >= 4 is 5.82 Å². The molecular weight excluding hydrogens is 188 g/mol. The van der Waals surface area contributed by atoms with E-state index in [0.717, 1.165) is 24.2 Å². The van der Waals surface area contributed by atoms with E-state index in [0.29, 0.717) is 0 Å². The van der Waals surface area contributed by atoms with Crippen LogP contribution in [0.4, 0.5) is 5.82 Å². The molecule has 0 saturated heterocycles. The Morgan fingerprint density at radius 2 is 2.07 bits per heavy atom. The summed E-state index contributed by atoms with van der Waals surface area (Å²) in [4.78, 5) is 4.28. The first kappa shape index (κ1) is 12.0. The average Bonchev–Trinajstić information content (AvgIpc) is 2.29. The molecule has 1 aromatic rings. The van der Waals surface area contributed by atoms with Crippen molar-refractivity contribution in [3.05, 3.63) is 23.9 Å². The van der Waals surface area contributed by atoms with Gasteiger partial charge in [0.2, 0.25) is 0 Å². The molecule has 0 amide bonds. The SMILES string of the molecule is CCC(CC)(CO)Nc1ncccc1C. The van der Waals surface area contributed by atoms with E-state index in [1.54, 1.807) is 6.20 Å². The Morgan fingerprint density at radius 3 is 2.53 bits per heavy atom. The van der Waals surface area contributed by atoms with E-state index in [9.17, 15) is 5.11 Å². The van der Waals surface area contributed by atoms with Gasteiger partial charge in [-0.15, -0.1) is 0 Å². The monoisotopic (exact) mass is 208 g/mol. The Labute approximate surface area is 91.5 Å². The molecule has 1 heterocycles. The van der Waals surface area contributed by atoms with Crippen molar-refractivity contribution in [2.24, 2.45) is 0 Å². The van der Waals surface area contributed by atoms with Crippen molar-refractivity contribution in [3.8, 4) is 0 Å². The van der Waals surface area contributed by atoms with Crippen molar-refractivity contribution in [1.82, 2.24) is 4.98 Å². The molecule has 0 aliphatic rings. The molecule has 0 aromatic carbocycles. The van der Waals surface area contributed by atoms with E-state index in [-0.39, 0.29) is 12.1 Å². The standard InChI is InChI=1S/C12H20N2O/c1-4-12(5-2,9-15)14-11-10(3)7-6-8-13-11/h6-8,15H,4-5,9H2,1-3H3,(H,13,14). The Bertz CT molecular complexity index is 300. The van der Waals surface area contributed by atoms with Crippen LogP contribution < -0.4 is 5.32 Å². The molecule has 0 aliphatic heterocycles. The highest BCUT2D eigenvalue weighted by atomic mass is 16.3. The third-order valence-corrected chi connectivity index (χ3v) is 3.05. The zero-order chi connectivity index (χ0) is 11.3. The van der Waals surface area contributed by atoms with Crippen LogP contribution in [0.25, 0.3) is 0 Å². The first-order valence-corrected chi connectivity index (χ1v) is 5.48. The van der Waals surface area contributed by atoms with Gasteiger partial charge in [0.1, 0.15) is 5.82 Å². The van der Waals surface area contributed by atoms with Gasteiger partial charge in [-0.3, -0.25) is 0 Å². The quantitative estimate of drug-likeness (QED) is 0.780. The number of nitrogens with zero attached hydrogens (tertiary/aromatic N) is 1. The summed E-state index contributed by atoms with van der Waals surface area (Å²) in [5.41, 5.74) is 0.872. The maximum absolute atomic E-state index is 9.44. The summed E-state index contributed by atoms with van der Waals surface area (Å²) in [6, 6.07) is 3.93. The molecule has 0 saturated carbocycles. The molecule has 0 fully saturated rings. The topological polar surface area (TPSA) is 45.1 Å². The highest BCUT2D eigenvalue weighted by Crippen LogP contribution is 2.22. The van der Waals surface area contributed by atoms with E-state index < -0.39 is 0 Å². The molecule has 84 valence electrons. The normalized spacial score (nSPS) is 11.5. The van der Waals surface area contributed by atoms with Crippen LogP contribution in [0.15, 0.2) is 18.3 Å². The van der Waals surface area contributed by atoms with Gasteiger partial charge in [0.15, 0.2) is 0 Å². The van der Waals surface area contributed by atoms with E-state index in [4.69, 9.17) is 0 Å². The highest BCUT2D eigenvalue weighted by Gasteiger charge is 2.25. The molecule has 0 atom stereocenters. The summed E-state index contributed by atoms with van der Waals surface area (Å²) in [6.07, 6.45) is 3.54. The molecule has 0 aliphatic carbocycles. The molecule has 3 heteroatoms. The minimum absolute atomic E-state index is 0.135. The van der Waals surface area contributed by atoms with E-state index in [1.807, 2.05) is 19.1 Å². The Morgan fingerprint density at radius 1 is 1.40 bits per heavy atom. The lowest BCUT2D eigenvalue weighted by atomic mass is 9.93. The lowest BCUT2D eigenvalue weighted by Crippen LogP contribution is -2.41. The van der Waals surface area contributed by atoms with Crippen LogP contribution in [-0.4, -0.2) is 22.2 Å². The molecule has 15 heavy (non-hydrogen) atoms. The molecule has 0 bridgehead atoms. The maximum atomic E-state index is 9.44. The number of rotatable bonds is 5. The number of hydrogen-bond donors (Lipinski definition) is 2. The Kier molecular flexibility index (Phi) is 4.09. The van der Waals surface area contributed by atoms with Crippen molar-refractivity contribution in [1.29, 1.82) is 0 Å². The molecule has 2 N–H and O–H groups in total. The first-order chi connectivity index (χ1) is 7.17. The fraction of sp³-hybridized carbons (Fsp3) is 0.583. The number of aryl methyl sites for hydroxylation is 1. The summed E-state index contributed by atoms with van der Waals surface area (Å²) in [6.45, 7) is 6.30. The zero-order valence-electron chi connectivity index (χ0n) is 9.75. The van der Waals surface area contributed by atoms with Gasteiger partial charge in [0.05, 0.1) is 12.1 Å². The number of aromatic nitrogens is 1. The van der Waals surface area contributed by atoms with E-state index >= 15 is 0 Å². The summed E-state index contributed by atoms with van der Waals surface area (Å²) < 4.78 is 0. The minimum Gasteiger partial charge on any atom is -0.394 e. The summed E-state index contributed by atoms with van der Waals surface area (Å²) in [7, 11) is 0. The van der Waals surface area contributed by atoms with Gasteiger partial charge >= 0.3 is 0 Å². The van der Waals surface area contributed by atoms with Gasteiger partial charge in [-0.05, 0) is 31.4 Å². The van der Waals surface area contributed by atoms with Crippen molar-refractivity contribution in [3.63, 3.8) is 0 Å². The third-order valence-electron chi connectivity index (χ3n) is 3.05. The zero-order valence-corrected chi connectivity index (χ0v) is 9.75. The van der Waals surface area contributed by atoms with Crippen LogP contribution >= 0.6 is 0 Å². The minimum atomic E-state index is -0.237. The lowest BCUT2D eigenvalue weighted by Gasteiger charge is -2.31. The molecular formula is C12H20N2O. The first-order valence-electron chi connectivity index (χ1n) is 5.48. The second kappa shape index (κ2) is 5.12. The molecule has 1 rings (SSSR count). The van der Waals surface area contributed by atoms with Gasteiger partial charge < -0.3 is 10.4 Å². The molecule has 3 nitrogen and oxygen atoms in total. The predicted octanol–water partition coefficient (Wildman–Crippen LogP) is 2.35. The number of anilines is 1. The summed E-state index contributed by atoms with van der Waals surface area (Å²) in [5, 5.41) is 12.8. The largest absolute Gasteiger partial charge is 0.394 e. The van der Waals surface area contributed by atoms with Crippen LogP contribution in [0.3, 0.4) is 0 Å². The van der Waals surface area contributed by atoms with Crippen molar-refractivity contribution in [2.45, 2.75) is 39.2 Å². The second-order valence-corrected chi connectivity index (χ2v) is 3.94. The maximum Gasteiger partial charge on any atom is 0.129 e. The fourth-order valence-corrected chi connectivity index (χ4v) is 1.56. The summed E-state index contributed by atoms with van der Waals surface area (Å²) >= 11 is 0. The van der Waals surface area contributed by atoms with Gasteiger partial charge in [-0.25, -0.2) is 4.98 Å². The van der Waals surface area contributed by atoms with Crippen LogP contribution in [0.1, 0.15) is 32.3 Å². The second-order valence-electron chi connectivity index (χ2n) is 3.94. The van der Waals surface area contributed by atoms with Crippen molar-refractivity contribution in [2.75, 3.05) is 11.9 Å². The van der Waals surface area contributed by atoms with Crippen molar-refractivity contribution < 1.29 is 5.11 Å². The van der Waals surface area contributed by atoms with Gasteiger partial charge in [0, 0.05) is 6.20 Å². The third kappa shape index (κ3) is 2.69. The van der Waals surface area contributed by atoms with Crippen LogP contribution in [0.2, 0.25) is 0 Å². The number of aliphatic hydroxyl groups excluding tert-OH is 1. The molecule has 0 spiro atoms. The highest BCUT2D eigenvalue weighted by molar-refractivity contribution is 5.45. The average molecular weight is 208 g/mol. The van der Waals surface area contributed by atoms with E-state index in [2.05, 4.69) is 24.1 Å². The van der Waals surface area contributed by atoms with Gasteiger partial charge in [-0.2, -0.15) is 0 Å². The lowest BCUT2D eigenvalue weighted by molar-refractivity contribution is 0.202. The molecule has 0 unspecified atom stereocenters. The van der Waals surface area contributed by atoms with E-state index in [1.165, 1.54) is 0 Å². The number of nitrogens with one attached hydrogen (secondary N) is 1. The van der Waals surface area contributed by atoms with Crippen LogP contribution in [0, 0.1) is 6.92 Å².